The number of carbonyl (C=O) groups is 2. The largest absolute Gasteiger partial charge is 0.481 e. The maximum Gasteiger partial charge on any atom is 0.303 e. The third-order valence-electron chi connectivity index (χ3n) is 6.43. The predicted octanol–water partition coefficient (Wildman–Crippen LogP) is 4.88. The van der Waals surface area contributed by atoms with E-state index in [9.17, 15) is 9.59 Å². The number of aliphatic carboxylic acids is 1. The van der Waals surface area contributed by atoms with Crippen molar-refractivity contribution in [3.05, 3.63) is 83.9 Å². The van der Waals surface area contributed by atoms with Gasteiger partial charge in [-0.3, -0.25) is 14.5 Å². The molecule has 0 spiro atoms. The van der Waals surface area contributed by atoms with Crippen LogP contribution in [0.1, 0.15) is 43.2 Å². The Bertz CT molecular complexity index is 931. The number of ether oxygens (including phenoxy) is 2. The number of nitrogens with zero attached hydrogens (tertiary/aromatic N) is 1. The molecule has 0 radical (unpaired) electrons. The highest BCUT2D eigenvalue weighted by atomic mass is 16.5. The molecule has 0 unspecified atom stereocenters. The number of hydrogen-bond donors (Lipinski definition) is 1. The molecular weight excluding hydrogens is 442 g/mol. The maximum absolute atomic E-state index is 13.1. The van der Waals surface area contributed by atoms with Crippen LogP contribution >= 0.6 is 0 Å². The highest BCUT2D eigenvalue weighted by molar-refractivity contribution is 5.87. The number of likely N-dealkylation sites (N-methyl/N-ethyl adjacent to an activating group) is 1. The van der Waals surface area contributed by atoms with E-state index in [1.54, 1.807) is 0 Å². The van der Waals surface area contributed by atoms with E-state index in [1.807, 2.05) is 73.8 Å². The molecule has 1 saturated carbocycles. The van der Waals surface area contributed by atoms with Crippen molar-refractivity contribution in [2.24, 2.45) is 5.92 Å². The summed E-state index contributed by atoms with van der Waals surface area (Å²) in [6.07, 6.45) is 6.59. The molecule has 6 heteroatoms. The lowest BCUT2D eigenvalue weighted by molar-refractivity contribution is -0.137. The van der Waals surface area contributed by atoms with Gasteiger partial charge in [0.2, 0.25) is 0 Å². The smallest absolute Gasteiger partial charge is 0.303 e. The molecule has 0 aliphatic heterocycles. The molecule has 2 aromatic carbocycles. The van der Waals surface area contributed by atoms with Crippen LogP contribution in [-0.4, -0.2) is 54.1 Å². The second-order valence-corrected chi connectivity index (χ2v) is 9.13. The fraction of sp³-hybridized carbons (Fsp3) is 0.448. The number of allylic oxidation sites excluding steroid dienone is 2. The van der Waals surface area contributed by atoms with Crippen LogP contribution < -0.4 is 0 Å². The Morgan fingerprint density at radius 2 is 1.69 bits per heavy atom. The summed E-state index contributed by atoms with van der Waals surface area (Å²) < 4.78 is 12.1. The Labute approximate surface area is 208 Å². The molecule has 0 aromatic heterocycles. The van der Waals surface area contributed by atoms with E-state index in [2.05, 4.69) is 11.0 Å². The van der Waals surface area contributed by atoms with E-state index >= 15 is 0 Å². The Morgan fingerprint density at radius 1 is 1.03 bits per heavy atom. The minimum atomic E-state index is -0.773. The normalized spacial score (nSPS) is 20.2. The zero-order valence-electron chi connectivity index (χ0n) is 20.6. The van der Waals surface area contributed by atoms with Crippen molar-refractivity contribution in [3.8, 4) is 0 Å². The Hall–Kier alpha value is -2.80. The summed E-state index contributed by atoms with van der Waals surface area (Å²) in [6, 6.07) is 19.8. The van der Waals surface area contributed by atoms with Gasteiger partial charge in [0.1, 0.15) is 0 Å². The summed E-state index contributed by atoms with van der Waals surface area (Å²) in [7, 11) is 1.98. The average Bonchev–Trinajstić information content (AvgIpc) is 3.18. The molecule has 6 nitrogen and oxygen atoms in total. The first-order valence-electron chi connectivity index (χ1n) is 12.4. The molecule has 2 aromatic rings. The number of rotatable bonds is 15. The number of Topliss-reactive ketones (excluding diaryl/α,β-unsaturated/α-hetero) is 1. The van der Waals surface area contributed by atoms with Crippen LogP contribution in [0.2, 0.25) is 0 Å². The van der Waals surface area contributed by atoms with E-state index in [4.69, 9.17) is 14.6 Å². The van der Waals surface area contributed by atoms with E-state index in [0.717, 1.165) is 24.0 Å². The van der Waals surface area contributed by atoms with Crippen molar-refractivity contribution in [2.75, 3.05) is 20.2 Å². The van der Waals surface area contributed by atoms with Gasteiger partial charge in [-0.15, -0.1) is 0 Å². The molecule has 0 amide bonds. The molecule has 3 rings (SSSR count). The highest BCUT2D eigenvalue weighted by Gasteiger charge is 2.44. The van der Waals surface area contributed by atoms with Gasteiger partial charge in [0.05, 0.1) is 32.0 Å². The number of carboxylic acid groups (broad SMARTS) is 1. The summed E-state index contributed by atoms with van der Waals surface area (Å²) in [4.78, 5) is 25.9. The lowest BCUT2D eigenvalue weighted by Gasteiger charge is -2.30. The van der Waals surface area contributed by atoms with Gasteiger partial charge in [0, 0.05) is 25.3 Å². The van der Waals surface area contributed by atoms with Crippen LogP contribution in [0, 0.1) is 5.92 Å². The van der Waals surface area contributed by atoms with E-state index in [1.165, 1.54) is 0 Å². The lowest BCUT2D eigenvalue weighted by Crippen LogP contribution is -2.42. The Balaban J connectivity index is 1.56. The molecule has 0 heterocycles. The molecule has 188 valence electrons. The van der Waals surface area contributed by atoms with Crippen molar-refractivity contribution >= 4 is 11.8 Å². The van der Waals surface area contributed by atoms with Crippen molar-refractivity contribution < 1.29 is 24.2 Å². The molecular formula is C29H37NO5. The average molecular weight is 480 g/mol. The van der Waals surface area contributed by atoms with E-state index in [-0.39, 0.29) is 30.3 Å². The number of carbonyl (C=O) groups excluding carboxylic acids is 1. The summed E-state index contributed by atoms with van der Waals surface area (Å²) in [5.74, 6) is -0.524. The topological polar surface area (TPSA) is 76.1 Å². The van der Waals surface area contributed by atoms with Crippen molar-refractivity contribution in [1.82, 2.24) is 4.90 Å². The van der Waals surface area contributed by atoms with Gasteiger partial charge in [-0.2, -0.15) is 0 Å². The van der Waals surface area contributed by atoms with Crippen molar-refractivity contribution in [1.29, 1.82) is 0 Å². The second kappa shape index (κ2) is 14.6. The first-order valence-corrected chi connectivity index (χ1v) is 12.4. The first kappa shape index (κ1) is 26.8. The number of unbranched alkanes of at least 4 members (excludes halogenated alkanes) is 1. The summed E-state index contributed by atoms with van der Waals surface area (Å²) in [5, 5.41) is 8.81. The van der Waals surface area contributed by atoms with Gasteiger partial charge in [0.25, 0.3) is 0 Å². The summed E-state index contributed by atoms with van der Waals surface area (Å²) >= 11 is 0. The highest BCUT2D eigenvalue weighted by Crippen LogP contribution is 2.33. The molecule has 0 saturated heterocycles. The molecule has 35 heavy (non-hydrogen) atoms. The molecule has 1 fully saturated rings. The first-order chi connectivity index (χ1) is 17.0. The van der Waals surface area contributed by atoms with Crippen molar-refractivity contribution in [2.45, 2.75) is 57.5 Å². The number of hydrogen-bond acceptors (Lipinski definition) is 5. The maximum atomic E-state index is 13.1. The SMILES string of the molecule is CN(CCOCc1ccccc1)[C@H]1C(=O)C[C@H](OCc2ccccc2)[C@@H]1CC=CCCCC(=O)O. The second-order valence-electron chi connectivity index (χ2n) is 9.13. The van der Waals surface area contributed by atoms with Crippen LogP contribution in [0.15, 0.2) is 72.8 Å². The Kier molecular flexibility index (Phi) is 11.2. The van der Waals surface area contributed by atoms with Crippen LogP contribution in [0.25, 0.3) is 0 Å². The minimum absolute atomic E-state index is 0.0426. The van der Waals surface area contributed by atoms with Gasteiger partial charge in [-0.05, 0) is 37.4 Å². The monoisotopic (exact) mass is 479 g/mol. The predicted molar refractivity (Wildman–Crippen MR) is 136 cm³/mol. The van der Waals surface area contributed by atoms with Gasteiger partial charge in [-0.25, -0.2) is 0 Å². The third kappa shape index (κ3) is 9.06. The standard InChI is InChI=1S/C29H37NO5/c1-30(18-19-34-21-23-12-6-4-7-13-23)29-25(16-10-2-3-11-17-28(32)33)27(20-26(29)31)35-22-24-14-8-5-9-15-24/h2,4-10,12-15,25,27,29H,3,11,16-22H2,1H3,(H,32,33)/t25-,27-,29+/m0/s1. The summed E-state index contributed by atoms with van der Waals surface area (Å²) in [6.45, 7) is 2.24. The number of benzene rings is 2. The van der Waals surface area contributed by atoms with E-state index < -0.39 is 5.97 Å². The fourth-order valence-electron chi connectivity index (χ4n) is 4.58. The minimum Gasteiger partial charge on any atom is -0.481 e. The molecule has 3 atom stereocenters. The molecule has 0 bridgehead atoms. The van der Waals surface area contributed by atoms with E-state index in [0.29, 0.717) is 39.2 Å². The van der Waals surface area contributed by atoms with Crippen molar-refractivity contribution in [3.63, 3.8) is 0 Å². The number of carboxylic acids is 1. The number of ketones is 1. The molecule has 1 aliphatic carbocycles. The van der Waals surface area contributed by atoms with Crippen LogP contribution in [-0.2, 0) is 32.3 Å². The summed E-state index contributed by atoms with van der Waals surface area (Å²) in [5.41, 5.74) is 2.22. The van der Waals surface area contributed by atoms with Gasteiger partial charge in [-0.1, -0.05) is 72.8 Å². The fourth-order valence-corrected chi connectivity index (χ4v) is 4.58. The van der Waals surface area contributed by atoms with Gasteiger partial charge < -0.3 is 14.6 Å². The zero-order valence-corrected chi connectivity index (χ0v) is 20.6. The lowest BCUT2D eigenvalue weighted by atomic mass is 9.95. The van der Waals surface area contributed by atoms with Gasteiger partial charge in [0.15, 0.2) is 5.78 Å². The van der Waals surface area contributed by atoms with Crippen LogP contribution in [0.5, 0.6) is 0 Å². The zero-order chi connectivity index (χ0) is 24.9. The van der Waals surface area contributed by atoms with Crippen LogP contribution in [0.3, 0.4) is 0 Å². The van der Waals surface area contributed by atoms with Gasteiger partial charge >= 0.3 is 5.97 Å². The third-order valence-corrected chi connectivity index (χ3v) is 6.43. The molecule has 1 aliphatic rings. The van der Waals surface area contributed by atoms with Crippen LogP contribution in [0.4, 0.5) is 0 Å². The molecule has 1 N–H and O–H groups in total. The quantitative estimate of drug-likeness (QED) is 0.290. The Morgan fingerprint density at radius 3 is 2.34 bits per heavy atom.